The Morgan fingerprint density at radius 3 is 2.37 bits per heavy atom. The van der Waals surface area contributed by atoms with Gasteiger partial charge in [-0.3, -0.25) is 14.9 Å². The second-order valence-corrected chi connectivity index (χ2v) is 6.52. The molecule has 152 valence electrons. The fraction of sp³-hybridized carbons (Fsp3) is 0.0909. The van der Waals surface area contributed by atoms with Gasteiger partial charge in [0, 0.05) is 18.1 Å². The number of hydrogen-bond donors (Lipinski definition) is 2. The molecule has 0 aliphatic carbocycles. The van der Waals surface area contributed by atoms with Gasteiger partial charge in [-0.1, -0.05) is 42.5 Å². The summed E-state index contributed by atoms with van der Waals surface area (Å²) < 4.78 is 13.9. The van der Waals surface area contributed by atoms with Crippen molar-refractivity contribution in [2.45, 2.75) is 12.8 Å². The molecule has 0 aromatic heterocycles. The van der Waals surface area contributed by atoms with Crippen molar-refractivity contribution >= 4 is 23.3 Å². The van der Waals surface area contributed by atoms with Crippen LogP contribution in [-0.2, 0) is 11.2 Å². The average molecular weight is 408 g/mol. The molecule has 0 saturated carbocycles. The predicted molar refractivity (Wildman–Crippen MR) is 109 cm³/mol. The number of aryl methyl sites for hydroxylation is 1. The van der Waals surface area contributed by atoms with E-state index in [0.717, 1.165) is 23.8 Å². The van der Waals surface area contributed by atoms with Gasteiger partial charge in [-0.05, 0) is 35.7 Å². The fourth-order valence-corrected chi connectivity index (χ4v) is 2.95. The number of nitro benzene ring substituents is 1. The summed E-state index contributed by atoms with van der Waals surface area (Å²) in [5, 5.41) is 22.6. The van der Waals surface area contributed by atoms with Gasteiger partial charge in [0.1, 0.15) is 11.5 Å². The van der Waals surface area contributed by atoms with Crippen molar-refractivity contribution in [3.63, 3.8) is 0 Å². The van der Waals surface area contributed by atoms with Gasteiger partial charge in [-0.2, -0.15) is 0 Å². The lowest BCUT2D eigenvalue weighted by Gasteiger charge is -2.08. The average Bonchev–Trinajstić information content (AvgIpc) is 2.73. The second kappa shape index (κ2) is 8.95. The van der Waals surface area contributed by atoms with E-state index in [1.165, 1.54) is 6.07 Å². The molecule has 0 saturated heterocycles. The summed E-state index contributed by atoms with van der Waals surface area (Å²) in [6.45, 7) is 0. The summed E-state index contributed by atoms with van der Waals surface area (Å²) in [5.41, 5.74) is 1.30. The molecule has 0 heterocycles. The highest BCUT2D eigenvalue weighted by atomic mass is 19.1. The van der Waals surface area contributed by atoms with Crippen molar-refractivity contribution in [2.24, 2.45) is 0 Å². The number of rotatable bonds is 7. The molecule has 3 aromatic rings. The van der Waals surface area contributed by atoms with Crippen molar-refractivity contribution in [1.82, 2.24) is 0 Å². The van der Waals surface area contributed by atoms with Crippen LogP contribution in [0.2, 0.25) is 0 Å². The first-order valence-electron chi connectivity index (χ1n) is 9.00. The number of carbonyl (C=O) groups excluding carboxylic acids is 1. The number of nitro groups is 1. The quantitative estimate of drug-likeness (QED) is 0.436. The molecular formula is C22H17FN2O5. The van der Waals surface area contributed by atoms with Gasteiger partial charge in [0.2, 0.25) is 5.91 Å². The molecule has 3 rings (SSSR count). The topological polar surface area (TPSA) is 110 Å². The van der Waals surface area contributed by atoms with E-state index >= 15 is 0 Å². The number of carboxylic acids is 1. The lowest BCUT2D eigenvalue weighted by Crippen LogP contribution is -2.14. The molecule has 0 unspecified atom stereocenters. The maximum absolute atomic E-state index is 13.9. The van der Waals surface area contributed by atoms with E-state index in [1.54, 1.807) is 42.5 Å². The largest absolute Gasteiger partial charge is 0.478 e. The monoisotopic (exact) mass is 408 g/mol. The number of amides is 1. The van der Waals surface area contributed by atoms with E-state index in [0.29, 0.717) is 17.5 Å². The Labute approximate surface area is 170 Å². The smallest absolute Gasteiger partial charge is 0.335 e. The summed E-state index contributed by atoms with van der Waals surface area (Å²) in [7, 11) is 0. The van der Waals surface area contributed by atoms with Gasteiger partial charge in [0.05, 0.1) is 10.5 Å². The summed E-state index contributed by atoms with van der Waals surface area (Å²) in [6, 6.07) is 16.7. The molecule has 0 aliphatic rings. The van der Waals surface area contributed by atoms with Crippen molar-refractivity contribution in [1.29, 1.82) is 0 Å². The van der Waals surface area contributed by atoms with Crippen molar-refractivity contribution in [3.05, 3.63) is 93.8 Å². The Morgan fingerprint density at radius 1 is 1.03 bits per heavy atom. The van der Waals surface area contributed by atoms with Crippen LogP contribution in [0.4, 0.5) is 15.8 Å². The zero-order valence-corrected chi connectivity index (χ0v) is 15.7. The molecule has 1 amide bonds. The summed E-state index contributed by atoms with van der Waals surface area (Å²) in [6.07, 6.45) is 0.392. The Bertz CT molecular complexity index is 1110. The van der Waals surface area contributed by atoms with E-state index in [9.17, 15) is 24.1 Å². The van der Waals surface area contributed by atoms with Gasteiger partial charge in [-0.25, -0.2) is 9.18 Å². The summed E-state index contributed by atoms with van der Waals surface area (Å²) in [5.74, 6) is -2.07. The van der Waals surface area contributed by atoms with Gasteiger partial charge in [0.25, 0.3) is 5.69 Å². The molecule has 0 bridgehead atoms. The van der Waals surface area contributed by atoms with E-state index in [2.05, 4.69) is 5.32 Å². The number of anilines is 1. The minimum Gasteiger partial charge on any atom is -0.478 e. The second-order valence-electron chi connectivity index (χ2n) is 6.52. The summed E-state index contributed by atoms with van der Waals surface area (Å²) >= 11 is 0. The third-order valence-electron chi connectivity index (χ3n) is 4.49. The van der Waals surface area contributed by atoms with Gasteiger partial charge >= 0.3 is 5.97 Å². The molecule has 2 N–H and O–H groups in total. The van der Waals surface area contributed by atoms with Crippen LogP contribution < -0.4 is 5.32 Å². The van der Waals surface area contributed by atoms with E-state index in [-0.39, 0.29) is 29.2 Å². The standard InChI is InChI=1S/C22H17FN2O5/c23-18-4-2-1-3-17(18)15-8-5-14(6-9-15)7-12-21(26)24-19-13-16(22(27)28)10-11-20(19)25(29)30/h1-6,8-11,13H,7,12H2,(H,24,26)(H,27,28). The highest BCUT2D eigenvalue weighted by Gasteiger charge is 2.18. The first-order chi connectivity index (χ1) is 14.3. The predicted octanol–water partition coefficient (Wildman–Crippen LogP) is 4.67. The number of aromatic carboxylic acids is 1. The third-order valence-corrected chi connectivity index (χ3v) is 4.49. The van der Waals surface area contributed by atoms with Crippen LogP contribution in [0.3, 0.4) is 0 Å². The molecule has 30 heavy (non-hydrogen) atoms. The molecule has 3 aromatic carbocycles. The van der Waals surface area contributed by atoms with Crippen molar-refractivity contribution in [3.8, 4) is 11.1 Å². The van der Waals surface area contributed by atoms with Crippen LogP contribution >= 0.6 is 0 Å². The first kappa shape index (κ1) is 20.7. The third kappa shape index (κ3) is 4.85. The van der Waals surface area contributed by atoms with Gasteiger partial charge in [-0.15, -0.1) is 0 Å². The van der Waals surface area contributed by atoms with Crippen LogP contribution in [0.15, 0.2) is 66.7 Å². The van der Waals surface area contributed by atoms with Crippen LogP contribution in [0, 0.1) is 15.9 Å². The molecular weight excluding hydrogens is 391 g/mol. The molecule has 0 fully saturated rings. The Balaban J connectivity index is 1.66. The molecule has 0 spiro atoms. The molecule has 0 atom stereocenters. The highest BCUT2D eigenvalue weighted by molar-refractivity contribution is 5.96. The highest BCUT2D eigenvalue weighted by Crippen LogP contribution is 2.26. The van der Waals surface area contributed by atoms with E-state index in [4.69, 9.17) is 5.11 Å². The Hall–Kier alpha value is -4.07. The lowest BCUT2D eigenvalue weighted by molar-refractivity contribution is -0.383. The maximum Gasteiger partial charge on any atom is 0.335 e. The number of hydrogen-bond acceptors (Lipinski definition) is 4. The molecule has 0 aliphatic heterocycles. The van der Waals surface area contributed by atoms with Crippen molar-refractivity contribution < 1.29 is 24.0 Å². The Morgan fingerprint density at radius 2 is 1.73 bits per heavy atom. The fourth-order valence-electron chi connectivity index (χ4n) is 2.95. The number of benzene rings is 3. The minimum absolute atomic E-state index is 0.0352. The molecule has 0 radical (unpaired) electrons. The SMILES string of the molecule is O=C(CCc1ccc(-c2ccccc2F)cc1)Nc1cc(C(=O)O)ccc1[N+](=O)[O-]. The Kier molecular flexibility index (Phi) is 6.17. The zero-order valence-electron chi connectivity index (χ0n) is 15.7. The molecule has 8 heteroatoms. The number of carbonyl (C=O) groups is 2. The first-order valence-corrected chi connectivity index (χ1v) is 9.00. The van der Waals surface area contributed by atoms with Crippen LogP contribution in [0.5, 0.6) is 0 Å². The van der Waals surface area contributed by atoms with E-state index < -0.39 is 16.8 Å². The number of halogens is 1. The van der Waals surface area contributed by atoms with Crippen molar-refractivity contribution in [2.75, 3.05) is 5.32 Å². The maximum atomic E-state index is 13.9. The zero-order chi connectivity index (χ0) is 21.7. The van der Waals surface area contributed by atoms with E-state index in [1.807, 2.05) is 0 Å². The van der Waals surface area contributed by atoms with Crippen LogP contribution in [0.1, 0.15) is 22.3 Å². The minimum atomic E-state index is -1.25. The van der Waals surface area contributed by atoms with Crippen LogP contribution in [0.25, 0.3) is 11.1 Å². The number of nitrogens with zero attached hydrogens (tertiary/aromatic N) is 1. The van der Waals surface area contributed by atoms with Crippen LogP contribution in [-0.4, -0.2) is 21.9 Å². The lowest BCUT2D eigenvalue weighted by atomic mass is 10.0. The normalized spacial score (nSPS) is 10.4. The van der Waals surface area contributed by atoms with Gasteiger partial charge < -0.3 is 10.4 Å². The number of carboxylic acid groups (broad SMARTS) is 1. The van der Waals surface area contributed by atoms with Gasteiger partial charge in [0.15, 0.2) is 0 Å². The molecule has 7 nitrogen and oxygen atoms in total. The summed E-state index contributed by atoms with van der Waals surface area (Å²) in [4.78, 5) is 33.7. The number of nitrogens with one attached hydrogen (secondary N) is 1.